The van der Waals surface area contributed by atoms with E-state index in [0.717, 1.165) is 36.5 Å². The Kier molecular flexibility index (Phi) is 4.63. The second-order valence-electron chi connectivity index (χ2n) is 7.53. The standard InChI is InChI=1S/C19H30O/c1-2-3-14-4-6-15(7-5-14)16-8-9-18-13-19(20)11-10-17(18)12-16/h13-17H,2-12H2,1H3/t14-,15-,16?,17?. The first kappa shape index (κ1) is 14.4. The molecule has 3 aliphatic carbocycles. The summed E-state index contributed by atoms with van der Waals surface area (Å²) in [7, 11) is 0. The lowest BCUT2D eigenvalue weighted by Gasteiger charge is -2.40. The number of rotatable bonds is 3. The van der Waals surface area contributed by atoms with E-state index in [4.69, 9.17) is 0 Å². The van der Waals surface area contributed by atoms with E-state index in [1.54, 1.807) is 0 Å². The Morgan fingerprint density at radius 2 is 1.80 bits per heavy atom. The lowest BCUT2D eigenvalue weighted by Crippen LogP contribution is -2.29. The first-order valence-electron chi connectivity index (χ1n) is 8.99. The second-order valence-corrected chi connectivity index (χ2v) is 7.53. The van der Waals surface area contributed by atoms with Crippen LogP contribution in [0.1, 0.15) is 77.6 Å². The molecule has 0 spiro atoms. The average Bonchev–Trinajstić information content (AvgIpc) is 2.48. The van der Waals surface area contributed by atoms with Crippen LogP contribution in [0.4, 0.5) is 0 Å². The summed E-state index contributed by atoms with van der Waals surface area (Å²) in [6.07, 6.45) is 16.7. The Labute approximate surface area is 124 Å². The smallest absolute Gasteiger partial charge is 0.155 e. The number of carbonyl (C=O) groups is 1. The zero-order valence-corrected chi connectivity index (χ0v) is 13.1. The van der Waals surface area contributed by atoms with Crippen molar-refractivity contribution in [3.8, 4) is 0 Å². The van der Waals surface area contributed by atoms with Gasteiger partial charge in [-0.05, 0) is 68.3 Å². The number of carbonyl (C=O) groups excluding carboxylic acids is 1. The zero-order chi connectivity index (χ0) is 13.9. The molecule has 112 valence electrons. The summed E-state index contributed by atoms with van der Waals surface area (Å²) in [4.78, 5) is 11.5. The fourth-order valence-corrected chi connectivity index (χ4v) is 5.06. The van der Waals surface area contributed by atoms with E-state index in [9.17, 15) is 4.79 Å². The van der Waals surface area contributed by atoms with Crippen LogP contribution in [0.25, 0.3) is 0 Å². The van der Waals surface area contributed by atoms with Gasteiger partial charge in [-0.3, -0.25) is 4.79 Å². The van der Waals surface area contributed by atoms with Crippen molar-refractivity contribution in [3.05, 3.63) is 11.6 Å². The number of allylic oxidation sites excluding steroid dienone is 2. The van der Waals surface area contributed by atoms with Crippen molar-refractivity contribution in [1.82, 2.24) is 0 Å². The summed E-state index contributed by atoms with van der Waals surface area (Å²) >= 11 is 0. The largest absolute Gasteiger partial charge is 0.295 e. The van der Waals surface area contributed by atoms with Gasteiger partial charge in [0, 0.05) is 6.42 Å². The fraction of sp³-hybridized carbons (Fsp3) is 0.842. The van der Waals surface area contributed by atoms with Gasteiger partial charge >= 0.3 is 0 Å². The Bertz CT molecular complexity index is 373. The molecule has 2 fully saturated rings. The van der Waals surface area contributed by atoms with E-state index < -0.39 is 0 Å². The summed E-state index contributed by atoms with van der Waals surface area (Å²) in [5.41, 5.74) is 1.50. The summed E-state index contributed by atoms with van der Waals surface area (Å²) in [5.74, 6) is 4.15. The molecule has 0 bridgehead atoms. The lowest BCUT2D eigenvalue weighted by atomic mass is 9.65. The third-order valence-electron chi connectivity index (χ3n) is 6.26. The molecule has 0 saturated heterocycles. The molecule has 3 aliphatic rings. The van der Waals surface area contributed by atoms with E-state index in [0.29, 0.717) is 5.78 Å². The van der Waals surface area contributed by atoms with Crippen molar-refractivity contribution in [2.45, 2.75) is 77.6 Å². The van der Waals surface area contributed by atoms with Crippen molar-refractivity contribution in [1.29, 1.82) is 0 Å². The normalized spacial score (nSPS) is 38.2. The Morgan fingerprint density at radius 3 is 2.55 bits per heavy atom. The van der Waals surface area contributed by atoms with Gasteiger partial charge in [0.15, 0.2) is 5.78 Å². The van der Waals surface area contributed by atoms with E-state index in [-0.39, 0.29) is 0 Å². The van der Waals surface area contributed by atoms with Crippen LogP contribution in [-0.2, 0) is 4.79 Å². The van der Waals surface area contributed by atoms with Gasteiger partial charge in [-0.1, -0.05) is 38.2 Å². The Morgan fingerprint density at radius 1 is 1.00 bits per heavy atom. The van der Waals surface area contributed by atoms with Crippen LogP contribution < -0.4 is 0 Å². The molecule has 20 heavy (non-hydrogen) atoms. The van der Waals surface area contributed by atoms with Crippen LogP contribution in [0.2, 0.25) is 0 Å². The van der Waals surface area contributed by atoms with Crippen molar-refractivity contribution >= 4 is 5.78 Å². The topological polar surface area (TPSA) is 17.1 Å². The van der Waals surface area contributed by atoms with Gasteiger partial charge in [-0.15, -0.1) is 0 Å². The van der Waals surface area contributed by atoms with Crippen LogP contribution in [0.15, 0.2) is 11.6 Å². The molecule has 3 rings (SSSR count). The van der Waals surface area contributed by atoms with E-state index in [1.807, 2.05) is 6.08 Å². The highest BCUT2D eigenvalue weighted by Gasteiger charge is 2.34. The minimum Gasteiger partial charge on any atom is -0.295 e. The maximum absolute atomic E-state index is 11.5. The monoisotopic (exact) mass is 274 g/mol. The van der Waals surface area contributed by atoms with E-state index >= 15 is 0 Å². The second kappa shape index (κ2) is 6.45. The van der Waals surface area contributed by atoms with Crippen molar-refractivity contribution in [3.63, 3.8) is 0 Å². The molecule has 0 aliphatic heterocycles. The third-order valence-corrected chi connectivity index (χ3v) is 6.26. The molecule has 0 aromatic carbocycles. The molecule has 0 N–H and O–H groups in total. The molecule has 0 amide bonds. The van der Waals surface area contributed by atoms with Gasteiger partial charge < -0.3 is 0 Å². The van der Waals surface area contributed by atoms with E-state index in [1.165, 1.54) is 63.4 Å². The SMILES string of the molecule is CCC[C@H]1CC[C@H](C2CCC3=CC(=O)CCC3C2)CC1. The molecule has 2 unspecified atom stereocenters. The molecule has 2 saturated carbocycles. The Balaban J connectivity index is 1.53. The van der Waals surface area contributed by atoms with Crippen LogP contribution in [-0.4, -0.2) is 5.78 Å². The van der Waals surface area contributed by atoms with Crippen LogP contribution >= 0.6 is 0 Å². The predicted molar refractivity (Wildman–Crippen MR) is 83.5 cm³/mol. The highest BCUT2D eigenvalue weighted by Crippen LogP contribution is 2.46. The van der Waals surface area contributed by atoms with Gasteiger partial charge in [0.2, 0.25) is 0 Å². The molecular weight excluding hydrogens is 244 g/mol. The van der Waals surface area contributed by atoms with Crippen LogP contribution in [0.3, 0.4) is 0 Å². The molecule has 0 radical (unpaired) electrons. The summed E-state index contributed by atoms with van der Waals surface area (Å²) in [6, 6.07) is 0. The van der Waals surface area contributed by atoms with Crippen LogP contribution in [0.5, 0.6) is 0 Å². The van der Waals surface area contributed by atoms with E-state index in [2.05, 4.69) is 6.92 Å². The maximum Gasteiger partial charge on any atom is 0.155 e. The predicted octanol–water partition coefficient (Wildman–Crippen LogP) is 5.30. The molecular formula is C19H30O. The molecule has 1 heteroatoms. The zero-order valence-electron chi connectivity index (χ0n) is 13.1. The average molecular weight is 274 g/mol. The summed E-state index contributed by atoms with van der Waals surface area (Å²) in [5, 5.41) is 0. The van der Waals surface area contributed by atoms with Crippen molar-refractivity contribution < 1.29 is 4.79 Å². The fourth-order valence-electron chi connectivity index (χ4n) is 5.06. The molecule has 0 aromatic rings. The first-order valence-corrected chi connectivity index (χ1v) is 8.99. The highest BCUT2D eigenvalue weighted by molar-refractivity contribution is 5.91. The molecule has 1 nitrogen and oxygen atoms in total. The van der Waals surface area contributed by atoms with Gasteiger partial charge in [-0.2, -0.15) is 0 Å². The Hall–Kier alpha value is -0.590. The van der Waals surface area contributed by atoms with Gasteiger partial charge in [-0.25, -0.2) is 0 Å². The minimum atomic E-state index is 0.384. The first-order chi connectivity index (χ1) is 9.76. The molecule has 0 heterocycles. The quantitative estimate of drug-likeness (QED) is 0.682. The van der Waals surface area contributed by atoms with Crippen LogP contribution in [0, 0.1) is 23.7 Å². The number of hydrogen-bond donors (Lipinski definition) is 0. The number of fused-ring (bicyclic) bond motifs is 1. The highest BCUT2D eigenvalue weighted by atomic mass is 16.1. The third kappa shape index (κ3) is 3.18. The maximum atomic E-state index is 11.5. The van der Waals surface area contributed by atoms with Gasteiger partial charge in [0.1, 0.15) is 0 Å². The number of hydrogen-bond acceptors (Lipinski definition) is 1. The van der Waals surface area contributed by atoms with Gasteiger partial charge in [0.05, 0.1) is 0 Å². The summed E-state index contributed by atoms with van der Waals surface area (Å²) in [6.45, 7) is 2.32. The van der Waals surface area contributed by atoms with Crippen molar-refractivity contribution in [2.24, 2.45) is 23.7 Å². The molecule has 2 atom stereocenters. The minimum absolute atomic E-state index is 0.384. The lowest BCUT2D eigenvalue weighted by molar-refractivity contribution is -0.115. The van der Waals surface area contributed by atoms with Crippen molar-refractivity contribution in [2.75, 3.05) is 0 Å². The van der Waals surface area contributed by atoms with Gasteiger partial charge in [0.25, 0.3) is 0 Å². The number of ketones is 1. The summed E-state index contributed by atoms with van der Waals surface area (Å²) < 4.78 is 0. The molecule has 0 aromatic heterocycles.